The van der Waals surface area contributed by atoms with E-state index in [-0.39, 0.29) is 0 Å². The van der Waals surface area contributed by atoms with Gasteiger partial charge in [0.1, 0.15) is 0 Å². The van der Waals surface area contributed by atoms with E-state index in [2.05, 4.69) is 5.32 Å². The molecule has 0 heterocycles. The average molecular weight is 259 g/mol. The summed E-state index contributed by atoms with van der Waals surface area (Å²) < 4.78 is 0. The fourth-order valence-electron chi connectivity index (χ4n) is 2.19. The number of hydrogen-bond donors (Lipinski definition) is 2. The van der Waals surface area contributed by atoms with Crippen LogP contribution in [-0.4, -0.2) is 12.1 Å². The summed E-state index contributed by atoms with van der Waals surface area (Å²) in [5.74, 6) is 0. The minimum absolute atomic E-state index is 0.317. The van der Waals surface area contributed by atoms with Crippen LogP contribution < -0.4 is 11.1 Å². The molecule has 2 rings (SSSR count). The van der Waals surface area contributed by atoms with Crippen molar-refractivity contribution < 1.29 is 0 Å². The van der Waals surface area contributed by atoms with Crippen molar-refractivity contribution >= 4 is 28.9 Å². The molecule has 2 unspecified atom stereocenters. The quantitative estimate of drug-likeness (QED) is 0.850. The van der Waals surface area contributed by atoms with E-state index in [1.165, 1.54) is 6.42 Å². The molecule has 0 aromatic heterocycles. The van der Waals surface area contributed by atoms with Gasteiger partial charge in [-0.1, -0.05) is 23.2 Å². The minimum atomic E-state index is 0.317. The molecular weight excluding hydrogens is 243 g/mol. The van der Waals surface area contributed by atoms with Gasteiger partial charge < -0.3 is 11.1 Å². The van der Waals surface area contributed by atoms with E-state index in [4.69, 9.17) is 28.9 Å². The van der Waals surface area contributed by atoms with Gasteiger partial charge in [-0.2, -0.15) is 0 Å². The maximum absolute atomic E-state index is 6.11. The number of benzene rings is 1. The zero-order valence-corrected chi connectivity index (χ0v) is 10.6. The predicted octanol–water partition coefficient (Wildman–Crippen LogP) is 3.68. The van der Waals surface area contributed by atoms with Gasteiger partial charge in [0.2, 0.25) is 0 Å². The third kappa shape index (κ3) is 3.03. The minimum Gasteiger partial charge on any atom is -0.381 e. The highest BCUT2D eigenvalue weighted by Gasteiger charge is 2.19. The van der Waals surface area contributed by atoms with Crippen molar-refractivity contribution in [1.82, 2.24) is 0 Å². The van der Waals surface area contributed by atoms with Crippen molar-refractivity contribution in [2.45, 2.75) is 37.8 Å². The van der Waals surface area contributed by atoms with Gasteiger partial charge in [0.15, 0.2) is 0 Å². The van der Waals surface area contributed by atoms with Crippen molar-refractivity contribution in [1.29, 1.82) is 0 Å². The van der Waals surface area contributed by atoms with Crippen LogP contribution in [0.25, 0.3) is 0 Å². The van der Waals surface area contributed by atoms with Crippen molar-refractivity contribution in [3.8, 4) is 0 Å². The average Bonchev–Trinajstić information content (AvgIpc) is 2.22. The summed E-state index contributed by atoms with van der Waals surface area (Å²) in [5, 5.41) is 4.77. The monoisotopic (exact) mass is 258 g/mol. The van der Waals surface area contributed by atoms with E-state index in [0.717, 1.165) is 24.9 Å². The van der Waals surface area contributed by atoms with E-state index in [9.17, 15) is 0 Å². The van der Waals surface area contributed by atoms with Crippen LogP contribution in [0.15, 0.2) is 18.2 Å². The molecule has 1 aliphatic rings. The first-order chi connectivity index (χ1) is 7.65. The maximum Gasteiger partial charge on any atom is 0.0652 e. The lowest BCUT2D eigenvalue weighted by atomic mass is 9.91. The van der Waals surface area contributed by atoms with Crippen LogP contribution in [0.2, 0.25) is 10.0 Å². The second-order valence-corrected chi connectivity index (χ2v) is 5.24. The number of halogens is 2. The number of anilines is 1. The lowest BCUT2D eigenvalue weighted by molar-refractivity contribution is 0.409. The largest absolute Gasteiger partial charge is 0.381 e. The lowest BCUT2D eigenvalue weighted by Gasteiger charge is -2.28. The van der Waals surface area contributed by atoms with Crippen molar-refractivity contribution in [2.75, 3.05) is 5.32 Å². The molecule has 4 heteroatoms. The van der Waals surface area contributed by atoms with Crippen molar-refractivity contribution in [3.63, 3.8) is 0 Å². The highest BCUT2D eigenvalue weighted by atomic mass is 35.5. The number of rotatable bonds is 2. The molecule has 1 aromatic rings. The van der Waals surface area contributed by atoms with Gasteiger partial charge in [-0.15, -0.1) is 0 Å². The normalized spacial score (nSPS) is 25.4. The van der Waals surface area contributed by atoms with Crippen LogP contribution in [0.4, 0.5) is 5.69 Å². The Morgan fingerprint density at radius 2 is 2.06 bits per heavy atom. The molecule has 0 bridgehead atoms. The van der Waals surface area contributed by atoms with Gasteiger partial charge in [-0.3, -0.25) is 0 Å². The van der Waals surface area contributed by atoms with Gasteiger partial charge in [0.05, 0.1) is 10.7 Å². The number of nitrogens with two attached hydrogens (primary N) is 1. The Labute approximate surface area is 106 Å². The van der Waals surface area contributed by atoms with Crippen LogP contribution in [0.5, 0.6) is 0 Å². The SMILES string of the molecule is NC1CCCC(Nc2ccc(Cl)cc2Cl)C1. The molecule has 0 aliphatic heterocycles. The molecule has 16 heavy (non-hydrogen) atoms. The second-order valence-electron chi connectivity index (χ2n) is 4.39. The van der Waals surface area contributed by atoms with Crippen LogP contribution >= 0.6 is 23.2 Å². The summed E-state index contributed by atoms with van der Waals surface area (Å²) in [7, 11) is 0. The molecule has 88 valence electrons. The van der Waals surface area contributed by atoms with E-state index in [0.29, 0.717) is 22.1 Å². The summed E-state index contributed by atoms with van der Waals surface area (Å²) in [6.45, 7) is 0. The van der Waals surface area contributed by atoms with E-state index in [1.807, 2.05) is 12.1 Å². The van der Waals surface area contributed by atoms with Crippen LogP contribution in [0, 0.1) is 0 Å². The van der Waals surface area contributed by atoms with Gasteiger partial charge in [0.25, 0.3) is 0 Å². The lowest BCUT2D eigenvalue weighted by Crippen LogP contribution is -2.34. The van der Waals surface area contributed by atoms with Crippen LogP contribution in [-0.2, 0) is 0 Å². The topological polar surface area (TPSA) is 38.0 Å². The van der Waals surface area contributed by atoms with Gasteiger partial charge in [-0.25, -0.2) is 0 Å². The van der Waals surface area contributed by atoms with E-state index in [1.54, 1.807) is 6.07 Å². The summed E-state index contributed by atoms with van der Waals surface area (Å²) in [5.41, 5.74) is 6.90. The summed E-state index contributed by atoms with van der Waals surface area (Å²) >= 11 is 12.0. The fourth-order valence-corrected chi connectivity index (χ4v) is 2.65. The molecule has 0 spiro atoms. The Hall–Kier alpha value is -0.440. The Bertz CT molecular complexity index is 368. The van der Waals surface area contributed by atoms with Gasteiger partial charge in [0, 0.05) is 17.1 Å². The van der Waals surface area contributed by atoms with E-state index >= 15 is 0 Å². The highest BCUT2D eigenvalue weighted by molar-refractivity contribution is 6.36. The zero-order valence-electron chi connectivity index (χ0n) is 9.05. The zero-order chi connectivity index (χ0) is 11.5. The summed E-state index contributed by atoms with van der Waals surface area (Å²) in [6, 6.07) is 6.28. The first-order valence-corrected chi connectivity index (χ1v) is 6.38. The maximum atomic E-state index is 6.11. The molecule has 1 fully saturated rings. The predicted molar refractivity (Wildman–Crippen MR) is 70.3 cm³/mol. The Balaban J connectivity index is 2.02. The summed E-state index contributed by atoms with van der Waals surface area (Å²) in [6.07, 6.45) is 4.49. The number of nitrogens with one attached hydrogen (secondary N) is 1. The smallest absolute Gasteiger partial charge is 0.0652 e. The third-order valence-electron chi connectivity index (χ3n) is 3.01. The molecule has 0 saturated heterocycles. The molecule has 0 amide bonds. The molecule has 1 saturated carbocycles. The van der Waals surface area contributed by atoms with Crippen molar-refractivity contribution in [3.05, 3.63) is 28.2 Å². The molecule has 2 atom stereocenters. The second kappa shape index (κ2) is 5.26. The van der Waals surface area contributed by atoms with Gasteiger partial charge in [-0.05, 0) is 43.9 Å². The molecule has 1 aliphatic carbocycles. The Kier molecular flexibility index (Phi) is 3.95. The highest BCUT2D eigenvalue weighted by Crippen LogP contribution is 2.28. The van der Waals surface area contributed by atoms with Crippen molar-refractivity contribution in [2.24, 2.45) is 5.73 Å². The molecule has 0 radical (unpaired) electrons. The third-order valence-corrected chi connectivity index (χ3v) is 3.55. The Morgan fingerprint density at radius 3 is 2.75 bits per heavy atom. The first-order valence-electron chi connectivity index (χ1n) is 5.62. The first kappa shape index (κ1) is 12.0. The van der Waals surface area contributed by atoms with Crippen LogP contribution in [0.1, 0.15) is 25.7 Å². The Morgan fingerprint density at radius 1 is 1.25 bits per heavy atom. The standard InChI is InChI=1S/C12H16Cl2N2/c13-8-4-5-12(11(14)6-8)16-10-3-1-2-9(15)7-10/h4-6,9-10,16H,1-3,7,15H2. The van der Waals surface area contributed by atoms with E-state index < -0.39 is 0 Å². The van der Waals surface area contributed by atoms with Gasteiger partial charge >= 0.3 is 0 Å². The van der Waals surface area contributed by atoms with Crippen LogP contribution in [0.3, 0.4) is 0 Å². The molecule has 3 N–H and O–H groups in total. The molecule has 2 nitrogen and oxygen atoms in total. The molecule has 1 aromatic carbocycles. The summed E-state index contributed by atoms with van der Waals surface area (Å²) in [4.78, 5) is 0. The molecular formula is C12H16Cl2N2. The fraction of sp³-hybridized carbons (Fsp3) is 0.500. The number of hydrogen-bond acceptors (Lipinski definition) is 2.